The van der Waals surface area contributed by atoms with E-state index < -0.39 is 4.92 Å². The van der Waals surface area contributed by atoms with Crippen molar-refractivity contribution in [2.75, 3.05) is 5.32 Å². The monoisotopic (exact) mass is 488 g/mol. The third-order valence-corrected chi connectivity index (χ3v) is 5.45. The third kappa shape index (κ3) is 3.56. The number of hydrogen-bond acceptors (Lipinski definition) is 8. The zero-order valence-corrected chi connectivity index (χ0v) is 17.9. The summed E-state index contributed by atoms with van der Waals surface area (Å²) in [5.74, 6) is 0.150. The first-order valence-corrected chi connectivity index (χ1v) is 10.2. The molecule has 0 fully saturated rings. The van der Waals surface area contributed by atoms with Crippen LogP contribution in [-0.4, -0.2) is 24.9 Å². The van der Waals surface area contributed by atoms with Crippen LogP contribution in [0.1, 0.15) is 0 Å². The Balaban J connectivity index is 1.59. The molecule has 0 amide bonds. The van der Waals surface area contributed by atoms with E-state index in [1.54, 1.807) is 42.7 Å². The van der Waals surface area contributed by atoms with E-state index in [4.69, 9.17) is 4.74 Å². The summed E-state index contributed by atoms with van der Waals surface area (Å²) in [5, 5.41) is 16.6. The van der Waals surface area contributed by atoms with E-state index in [1.807, 2.05) is 24.3 Å². The molecule has 3 aromatic heterocycles. The number of fused-ring (bicyclic) bond motifs is 2. The lowest BCUT2D eigenvalue weighted by Gasteiger charge is -2.12. The number of pyridine rings is 2. The molecule has 0 unspecified atom stereocenters. The number of halogens is 1. The van der Waals surface area contributed by atoms with Gasteiger partial charge in [-0.3, -0.25) is 20.1 Å². The van der Waals surface area contributed by atoms with Crippen LogP contribution in [0.15, 0.2) is 77.8 Å². The van der Waals surface area contributed by atoms with Crippen molar-refractivity contribution < 1.29 is 9.66 Å². The van der Waals surface area contributed by atoms with E-state index in [2.05, 4.69) is 41.2 Å². The average Bonchev–Trinajstić information content (AvgIpc) is 2.81. The first-order chi connectivity index (χ1) is 15.6. The molecule has 1 N–H and O–H groups in total. The summed E-state index contributed by atoms with van der Waals surface area (Å²) in [5.41, 5.74) is 1.53. The van der Waals surface area contributed by atoms with Crippen LogP contribution in [0.3, 0.4) is 0 Å². The Morgan fingerprint density at radius 2 is 1.72 bits per heavy atom. The van der Waals surface area contributed by atoms with Crippen molar-refractivity contribution in [2.45, 2.75) is 0 Å². The second kappa shape index (κ2) is 8.16. The van der Waals surface area contributed by atoms with Gasteiger partial charge in [0.25, 0.3) is 0 Å². The summed E-state index contributed by atoms with van der Waals surface area (Å²) in [7, 11) is 0. The van der Waals surface area contributed by atoms with Crippen LogP contribution in [-0.2, 0) is 0 Å². The lowest BCUT2D eigenvalue weighted by molar-refractivity contribution is -0.385. The number of anilines is 2. The summed E-state index contributed by atoms with van der Waals surface area (Å²) in [6.07, 6.45) is 4.52. The number of aromatic nitrogens is 4. The fourth-order valence-electron chi connectivity index (χ4n) is 3.33. The number of hydrogen-bond donors (Lipinski definition) is 1. The SMILES string of the molecule is O=[N+]([O-])c1c(Nc2cccc3ncccc23)ncnc1Oc1ccc(Br)c2cccnc12. The molecule has 0 aliphatic heterocycles. The zero-order valence-electron chi connectivity index (χ0n) is 16.3. The molecule has 0 bridgehead atoms. The molecule has 0 radical (unpaired) electrons. The van der Waals surface area contributed by atoms with E-state index in [0.29, 0.717) is 17.0 Å². The van der Waals surface area contributed by atoms with Crippen molar-refractivity contribution >= 4 is 54.9 Å². The average molecular weight is 489 g/mol. The van der Waals surface area contributed by atoms with Crippen LogP contribution >= 0.6 is 15.9 Å². The fourth-order valence-corrected chi connectivity index (χ4v) is 3.78. The second-order valence-corrected chi connectivity index (χ2v) is 7.54. The Hall–Kier alpha value is -4.18. The van der Waals surface area contributed by atoms with E-state index in [9.17, 15) is 10.1 Å². The Morgan fingerprint density at radius 3 is 2.56 bits per heavy atom. The van der Waals surface area contributed by atoms with Crippen LogP contribution in [0.5, 0.6) is 11.6 Å². The minimum Gasteiger partial charge on any atom is -0.431 e. The molecule has 10 heteroatoms. The molecule has 0 aliphatic rings. The summed E-state index contributed by atoms with van der Waals surface area (Å²) in [4.78, 5) is 28.2. The van der Waals surface area contributed by atoms with Crippen LogP contribution in [0.25, 0.3) is 21.8 Å². The lowest BCUT2D eigenvalue weighted by Crippen LogP contribution is -2.04. The molecule has 5 rings (SSSR count). The number of ether oxygens (including phenoxy) is 1. The van der Waals surface area contributed by atoms with Gasteiger partial charge in [0.05, 0.1) is 10.4 Å². The fraction of sp³-hybridized carbons (Fsp3) is 0. The number of nitrogens with zero attached hydrogens (tertiary/aromatic N) is 5. The quantitative estimate of drug-likeness (QED) is 0.244. The molecule has 32 heavy (non-hydrogen) atoms. The van der Waals surface area contributed by atoms with Crippen molar-refractivity contribution in [3.05, 3.63) is 87.9 Å². The minimum absolute atomic E-state index is 0.00531. The maximum Gasteiger partial charge on any atom is 0.373 e. The first kappa shape index (κ1) is 19.8. The topological polar surface area (TPSA) is 116 Å². The summed E-state index contributed by atoms with van der Waals surface area (Å²) >= 11 is 3.48. The highest BCUT2D eigenvalue weighted by Crippen LogP contribution is 2.39. The van der Waals surface area contributed by atoms with Gasteiger partial charge in [0, 0.05) is 33.3 Å². The van der Waals surface area contributed by atoms with Crippen molar-refractivity contribution in [3.63, 3.8) is 0 Å². The van der Waals surface area contributed by atoms with Crippen LogP contribution in [0.2, 0.25) is 0 Å². The number of nitrogens with one attached hydrogen (secondary N) is 1. The summed E-state index contributed by atoms with van der Waals surface area (Å²) in [6.45, 7) is 0. The normalized spacial score (nSPS) is 10.9. The number of rotatable bonds is 5. The van der Waals surface area contributed by atoms with Gasteiger partial charge in [-0.25, -0.2) is 4.98 Å². The molecule has 9 nitrogen and oxygen atoms in total. The van der Waals surface area contributed by atoms with Crippen molar-refractivity contribution in [3.8, 4) is 11.6 Å². The highest BCUT2D eigenvalue weighted by Gasteiger charge is 2.26. The van der Waals surface area contributed by atoms with Crippen LogP contribution in [0, 0.1) is 10.1 Å². The van der Waals surface area contributed by atoms with Gasteiger partial charge in [-0.05, 0) is 42.5 Å². The Kier molecular flexibility index (Phi) is 5.04. The van der Waals surface area contributed by atoms with Gasteiger partial charge in [-0.1, -0.05) is 28.1 Å². The molecule has 0 saturated heterocycles. The molecule has 0 spiro atoms. The van der Waals surface area contributed by atoms with Gasteiger partial charge >= 0.3 is 11.6 Å². The molecule has 5 aromatic rings. The number of benzene rings is 2. The van der Waals surface area contributed by atoms with E-state index in [0.717, 1.165) is 20.8 Å². The molecule has 2 aromatic carbocycles. The second-order valence-electron chi connectivity index (χ2n) is 6.68. The molecule has 156 valence electrons. The molecule has 0 aliphatic carbocycles. The Labute approximate surface area is 189 Å². The highest BCUT2D eigenvalue weighted by molar-refractivity contribution is 9.10. The van der Waals surface area contributed by atoms with Gasteiger partial charge in [0.15, 0.2) is 5.75 Å². The smallest absolute Gasteiger partial charge is 0.373 e. The maximum absolute atomic E-state index is 12.0. The predicted octanol–water partition coefficient (Wildman–Crippen LogP) is 5.78. The Bertz CT molecular complexity index is 1490. The standard InChI is InChI=1S/C22H13BrN6O3/c23-15-8-9-18(19-13(15)4-2-11-25-19)32-22-20(29(30)31)21(26-12-27-22)28-17-7-1-6-16-14(17)5-3-10-24-16/h1-12H,(H,26,27,28). The van der Waals surface area contributed by atoms with Crippen molar-refractivity contribution in [1.29, 1.82) is 0 Å². The van der Waals surface area contributed by atoms with E-state index >= 15 is 0 Å². The van der Waals surface area contributed by atoms with E-state index in [-0.39, 0.29) is 17.4 Å². The largest absolute Gasteiger partial charge is 0.431 e. The predicted molar refractivity (Wildman–Crippen MR) is 123 cm³/mol. The number of nitro groups is 1. The van der Waals surface area contributed by atoms with Gasteiger partial charge in [0.2, 0.25) is 5.82 Å². The molecule has 3 heterocycles. The Morgan fingerprint density at radius 1 is 0.906 bits per heavy atom. The highest BCUT2D eigenvalue weighted by atomic mass is 79.9. The molecular weight excluding hydrogens is 476 g/mol. The van der Waals surface area contributed by atoms with Gasteiger partial charge in [0.1, 0.15) is 11.8 Å². The first-order valence-electron chi connectivity index (χ1n) is 9.43. The van der Waals surface area contributed by atoms with Crippen molar-refractivity contribution in [2.24, 2.45) is 0 Å². The molecular formula is C22H13BrN6O3. The van der Waals surface area contributed by atoms with Crippen molar-refractivity contribution in [1.82, 2.24) is 19.9 Å². The summed E-state index contributed by atoms with van der Waals surface area (Å²) < 4.78 is 6.71. The van der Waals surface area contributed by atoms with Crippen LogP contribution < -0.4 is 10.1 Å². The third-order valence-electron chi connectivity index (χ3n) is 4.76. The minimum atomic E-state index is -0.574. The molecule has 0 atom stereocenters. The summed E-state index contributed by atoms with van der Waals surface area (Å²) in [6, 6.07) is 16.2. The van der Waals surface area contributed by atoms with Gasteiger partial charge in [-0.2, -0.15) is 4.98 Å². The van der Waals surface area contributed by atoms with Gasteiger partial charge in [-0.15, -0.1) is 0 Å². The van der Waals surface area contributed by atoms with E-state index in [1.165, 1.54) is 6.33 Å². The maximum atomic E-state index is 12.0. The van der Waals surface area contributed by atoms with Gasteiger partial charge < -0.3 is 10.1 Å². The zero-order chi connectivity index (χ0) is 22.1. The molecule has 0 saturated carbocycles. The lowest BCUT2D eigenvalue weighted by atomic mass is 10.2. The van der Waals surface area contributed by atoms with Crippen LogP contribution in [0.4, 0.5) is 17.2 Å².